The van der Waals surface area contributed by atoms with Gasteiger partial charge in [0.2, 0.25) is 0 Å². The molecule has 0 aromatic carbocycles. The third kappa shape index (κ3) is 4.47. The van der Waals surface area contributed by atoms with Gasteiger partial charge < -0.3 is 21.5 Å². The maximum atomic E-state index is 7.25. The molecule has 17 heavy (non-hydrogen) atoms. The van der Waals surface area contributed by atoms with Gasteiger partial charge in [0.15, 0.2) is 8.32 Å². The first kappa shape index (κ1) is 17.3. The van der Waals surface area contributed by atoms with Gasteiger partial charge in [-0.3, -0.25) is 0 Å². The molecule has 0 spiro atoms. The topological polar surface area (TPSA) is 18.5 Å². The molecular formula is C13H23LiO2Si. The van der Waals surface area contributed by atoms with Crippen LogP contribution in [0.25, 0.3) is 0 Å². The summed E-state index contributed by atoms with van der Waals surface area (Å²) in [5.74, 6) is 2.45. The van der Waals surface area contributed by atoms with E-state index >= 15 is 0 Å². The van der Waals surface area contributed by atoms with Crippen molar-refractivity contribution in [3.05, 3.63) is 6.42 Å². The van der Waals surface area contributed by atoms with Gasteiger partial charge in [0.05, 0.1) is 6.10 Å². The molecule has 0 bridgehead atoms. The van der Waals surface area contributed by atoms with Crippen LogP contribution >= 0.6 is 0 Å². The van der Waals surface area contributed by atoms with Crippen molar-refractivity contribution >= 4 is 8.32 Å². The van der Waals surface area contributed by atoms with Crippen molar-refractivity contribution in [1.82, 2.24) is 0 Å². The van der Waals surface area contributed by atoms with E-state index in [1.807, 2.05) is 0 Å². The molecule has 0 saturated carbocycles. The quantitative estimate of drug-likeness (QED) is 0.392. The average molecular weight is 246 g/mol. The monoisotopic (exact) mass is 246 g/mol. The molecule has 0 aromatic heterocycles. The van der Waals surface area contributed by atoms with Crippen molar-refractivity contribution < 1.29 is 28.0 Å². The van der Waals surface area contributed by atoms with Crippen molar-refractivity contribution in [2.24, 2.45) is 0 Å². The molecule has 1 heterocycles. The first-order valence-electron chi connectivity index (χ1n) is 5.99. The smallest absolute Gasteiger partial charge is 0.691 e. The SMILES string of the molecule is [C-]#C[C@H]1OCCC[C@@H]1O[Si](C)(C)C(C)(C)C.[Li+]. The van der Waals surface area contributed by atoms with Gasteiger partial charge in [-0.15, -0.1) is 0 Å². The molecule has 0 unspecified atom stereocenters. The first-order chi connectivity index (χ1) is 7.28. The Morgan fingerprint density at radius 1 is 1.35 bits per heavy atom. The van der Waals surface area contributed by atoms with Gasteiger partial charge >= 0.3 is 18.9 Å². The second-order valence-electron chi connectivity index (χ2n) is 5.99. The van der Waals surface area contributed by atoms with E-state index in [9.17, 15) is 0 Å². The number of hydrogen-bond donors (Lipinski definition) is 0. The van der Waals surface area contributed by atoms with E-state index in [0.717, 1.165) is 19.4 Å². The van der Waals surface area contributed by atoms with E-state index < -0.39 is 8.32 Å². The van der Waals surface area contributed by atoms with E-state index in [1.54, 1.807) is 0 Å². The maximum Gasteiger partial charge on any atom is 1.00 e. The second kappa shape index (κ2) is 6.46. The Hall–Kier alpha value is 0.294. The van der Waals surface area contributed by atoms with Crippen LogP contribution in [0.4, 0.5) is 0 Å². The Morgan fingerprint density at radius 2 is 1.94 bits per heavy atom. The van der Waals surface area contributed by atoms with Crippen LogP contribution in [-0.2, 0) is 9.16 Å². The van der Waals surface area contributed by atoms with Gasteiger partial charge in [-0.05, 0) is 31.0 Å². The summed E-state index contributed by atoms with van der Waals surface area (Å²) in [5, 5.41) is 0.205. The molecule has 1 aliphatic rings. The minimum atomic E-state index is -1.75. The first-order valence-corrected chi connectivity index (χ1v) is 8.90. The van der Waals surface area contributed by atoms with Crippen LogP contribution < -0.4 is 18.9 Å². The zero-order chi connectivity index (χ0) is 12.4. The van der Waals surface area contributed by atoms with Crippen molar-refractivity contribution in [1.29, 1.82) is 0 Å². The molecule has 1 rings (SSSR count). The molecule has 92 valence electrons. The molecule has 1 saturated heterocycles. The van der Waals surface area contributed by atoms with Gasteiger partial charge in [0.25, 0.3) is 0 Å². The van der Waals surface area contributed by atoms with E-state index in [4.69, 9.17) is 15.6 Å². The van der Waals surface area contributed by atoms with Crippen LogP contribution in [0.1, 0.15) is 33.6 Å². The van der Waals surface area contributed by atoms with Crippen molar-refractivity contribution in [3.8, 4) is 5.92 Å². The average Bonchev–Trinajstić information content (AvgIpc) is 2.16. The van der Waals surface area contributed by atoms with Crippen LogP contribution in [0.15, 0.2) is 0 Å². The molecule has 0 radical (unpaired) electrons. The van der Waals surface area contributed by atoms with E-state index in [0.29, 0.717) is 0 Å². The summed E-state index contributed by atoms with van der Waals surface area (Å²) in [6.07, 6.45) is 9.04. The molecule has 0 N–H and O–H groups in total. The molecule has 2 atom stereocenters. The largest absolute Gasteiger partial charge is 1.00 e. The summed E-state index contributed by atoms with van der Waals surface area (Å²) in [7, 11) is -1.75. The minimum absolute atomic E-state index is 0. The normalized spacial score (nSPS) is 25.9. The fourth-order valence-electron chi connectivity index (χ4n) is 1.56. The molecule has 0 aromatic rings. The van der Waals surface area contributed by atoms with Crippen LogP contribution in [0.2, 0.25) is 18.1 Å². The van der Waals surface area contributed by atoms with Gasteiger partial charge in [-0.1, -0.05) is 20.8 Å². The van der Waals surface area contributed by atoms with E-state index in [2.05, 4.69) is 39.8 Å². The Labute approximate surface area is 119 Å². The van der Waals surface area contributed by atoms with Crippen LogP contribution in [0, 0.1) is 12.3 Å². The minimum Gasteiger partial charge on any atom is -0.691 e. The standard InChI is InChI=1S/C13H23O2Si.Li/c1-7-11-12(9-8-10-14-11)15-16(5,6)13(2,3)4;/h11-12H,8-10H2,2-6H3;/q-1;+1/t11-,12+;/m1./s1. The molecule has 4 heteroatoms. The van der Waals surface area contributed by atoms with Gasteiger partial charge in [0, 0.05) is 6.61 Å². The molecule has 0 aliphatic carbocycles. The molecule has 0 amide bonds. The van der Waals surface area contributed by atoms with Gasteiger partial charge in [-0.25, -0.2) is 0 Å². The maximum absolute atomic E-state index is 7.25. The summed E-state index contributed by atoms with van der Waals surface area (Å²) in [6, 6.07) is 0. The number of ether oxygens (including phenoxy) is 1. The predicted octanol–water partition coefficient (Wildman–Crippen LogP) is 0.150. The number of rotatable bonds is 2. The Bertz CT molecular complexity index is 278. The van der Waals surface area contributed by atoms with Crippen LogP contribution in [-0.4, -0.2) is 27.1 Å². The van der Waals surface area contributed by atoms with E-state index in [-0.39, 0.29) is 36.1 Å². The van der Waals surface area contributed by atoms with E-state index in [1.165, 1.54) is 0 Å². The third-order valence-corrected chi connectivity index (χ3v) is 8.17. The second-order valence-corrected chi connectivity index (χ2v) is 10.8. The predicted molar refractivity (Wildman–Crippen MR) is 68.2 cm³/mol. The molecule has 1 fully saturated rings. The summed E-state index contributed by atoms with van der Waals surface area (Å²) < 4.78 is 11.8. The molecule has 1 aliphatic heterocycles. The van der Waals surface area contributed by atoms with Crippen molar-refractivity contribution in [3.63, 3.8) is 0 Å². The van der Waals surface area contributed by atoms with Crippen LogP contribution in [0.5, 0.6) is 0 Å². The Kier molecular flexibility index (Phi) is 6.57. The summed E-state index contributed by atoms with van der Waals surface area (Å²) in [4.78, 5) is 0. The van der Waals surface area contributed by atoms with Gasteiger partial charge in [-0.2, -0.15) is 0 Å². The van der Waals surface area contributed by atoms with Crippen LogP contribution in [0.3, 0.4) is 0 Å². The summed E-state index contributed by atoms with van der Waals surface area (Å²) >= 11 is 0. The summed E-state index contributed by atoms with van der Waals surface area (Å²) in [6.45, 7) is 11.9. The van der Waals surface area contributed by atoms with Gasteiger partial charge in [0.1, 0.15) is 6.10 Å². The number of hydrogen-bond acceptors (Lipinski definition) is 2. The molecule has 2 nitrogen and oxygen atoms in total. The zero-order valence-electron chi connectivity index (χ0n) is 12.1. The van der Waals surface area contributed by atoms with Crippen molar-refractivity contribution in [2.75, 3.05) is 6.61 Å². The Balaban J connectivity index is 0.00000256. The van der Waals surface area contributed by atoms with Crippen molar-refractivity contribution in [2.45, 2.75) is 64.0 Å². The zero-order valence-corrected chi connectivity index (χ0v) is 13.1. The fraction of sp³-hybridized carbons (Fsp3) is 0.846. The third-order valence-electron chi connectivity index (χ3n) is 3.66. The Morgan fingerprint density at radius 3 is 2.41 bits per heavy atom. The molecular weight excluding hydrogens is 223 g/mol. The fourth-order valence-corrected chi connectivity index (χ4v) is 2.92. The summed E-state index contributed by atoms with van der Waals surface area (Å²) in [5.41, 5.74) is 0.